The molecule has 1 fully saturated rings. The lowest BCUT2D eigenvalue weighted by Gasteiger charge is -2.07. The van der Waals surface area contributed by atoms with E-state index in [0.29, 0.717) is 16.5 Å². The molecule has 1 aromatic heterocycles. The van der Waals surface area contributed by atoms with Crippen LogP contribution in [0.15, 0.2) is 18.2 Å². The Morgan fingerprint density at radius 2 is 2.16 bits per heavy atom. The quantitative estimate of drug-likeness (QED) is 0.835. The van der Waals surface area contributed by atoms with Crippen LogP contribution in [0.5, 0.6) is 10.8 Å². The molecule has 0 amide bonds. The molecule has 0 aliphatic heterocycles. The average Bonchev–Trinajstić information content (AvgIpc) is 3.16. The van der Waals surface area contributed by atoms with Gasteiger partial charge in [-0.1, -0.05) is 12.1 Å². The van der Waals surface area contributed by atoms with Crippen molar-refractivity contribution in [3.63, 3.8) is 0 Å². The zero-order valence-corrected chi connectivity index (χ0v) is 11.8. The molecule has 19 heavy (non-hydrogen) atoms. The van der Waals surface area contributed by atoms with Crippen LogP contribution in [0.2, 0.25) is 0 Å². The van der Waals surface area contributed by atoms with Gasteiger partial charge >= 0.3 is 0 Å². The van der Waals surface area contributed by atoms with Gasteiger partial charge in [0.2, 0.25) is 5.06 Å². The van der Waals surface area contributed by atoms with Gasteiger partial charge in [-0.15, -0.1) is 0 Å². The molecule has 1 aromatic carbocycles. The minimum absolute atomic E-state index is 0.474. The number of aryl methyl sites for hydroxylation is 2. The van der Waals surface area contributed by atoms with Crippen LogP contribution in [0.25, 0.3) is 0 Å². The number of nitrogens with zero attached hydrogens (tertiary/aromatic N) is 2. The molecule has 0 radical (unpaired) electrons. The number of nitriles is 1. The predicted molar refractivity (Wildman–Crippen MR) is 74.8 cm³/mol. The number of benzene rings is 1. The third kappa shape index (κ3) is 2.34. The van der Waals surface area contributed by atoms with Crippen LogP contribution >= 0.6 is 11.5 Å². The van der Waals surface area contributed by atoms with E-state index in [4.69, 9.17) is 4.74 Å². The molecule has 2 aromatic rings. The summed E-state index contributed by atoms with van der Waals surface area (Å²) in [5, 5.41) is 9.93. The zero-order valence-electron chi connectivity index (χ0n) is 10.9. The van der Waals surface area contributed by atoms with Crippen molar-refractivity contribution in [2.45, 2.75) is 32.6 Å². The van der Waals surface area contributed by atoms with E-state index in [1.54, 1.807) is 0 Å². The monoisotopic (exact) mass is 270 g/mol. The second-order valence-corrected chi connectivity index (χ2v) is 5.72. The summed E-state index contributed by atoms with van der Waals surface area (Å²) < 4.78 is 10.3. The van der Waals surface area contributed by atoms with Crippen LogP contribution < -0.4 is 4.74 Å². The Bertz CT molecular complexity index is 665. The maximum atomic E-state index is 9.30. The van der Waals surface area contributed by atoms with Gasteiger partial charge in [-0.25, -0.2) is 0 Å². The number of hydrogen-bond acceptors (Lipinski definition) is 4. The molecule has 3 nitrogen and oxygen atoms in total. The minimum Gasteiger partial charge on any atom is -0.443 e. The smallest absolute Gasteiger partial charge is 0.218 e. The fraction of sp³-hybridized carbons (Fsp3) is 0.333. The van der Waals surface area contributed by atoms with Gasteiger partial charge in [0.25, 0.3) is 0 Å². The molecular formula is C15H14N2OS. The molecule has 3 rings (SSSR count). The Hall–Kier alpha value is -1.86. The first-order valence-corrected chi connectivity index (χ1v) is 7.11. The van der Waals surface area contributed by atoms with Crippen LogP contribution in [0.3, 0.4) is 0 Å². The van der Waals surface area contributed by atoms with Gasteiger partial charge in [0, 0.05) is 17.5 Å². The third-order valence-electron chi connectivity index (χ3n) is 3.31. The fourth-order valence-electron chi connectivity index (χ4n) is 2.01. The van der Waals surface area contributed by atoms with Crippen LogP contribution in [0.4, 0.5) is 0 Å². The highest BCUT2D eigenvalue weighted by Crippen LogP contribution is 2.45. The summed E-state index contributed by atoms with van der Waals surface area (Å²) in [7, 11) is 0. The maximum Gasteiger partial charge on any atom is 0.218 e. The van der Waals surface area contributed by atoms with E-state index in [-0.39, 0.29) is 0 Å². The van der Waals surface area contributed by atoms with E-state index >= 15 is 0 Å². The van der Waals surface area contributed by atoms with Gasteiger partial charge in [0.15, 0.2) is 0 Å². The molecular weight excluding hydrogens is 256 g/mol. The van der Waals surface area contributed by atoms with E-state index in [1.807, 2.05) is 26.0 Å². The average molecular weight is 270 g/mol. The molecule has 96 valence electrons. The summed E-state index contributed by atoms with van der Waals surface area (Å²) in [6, 6.07) is 8.31. The van der Waals surface area contributed by atoms with Crippen molar-refractivity contribution in [1.29, 1.82) is 5.26 Å². The molecule has 0 spiro atoms. The molecule has 4 heteroatoms. The van der Waals surface area contributed by atoms with Crippen molar-refractivity contribution < 1.29 is 4.74 Å². The van der Waals surface area contributed by atoms with Crippen molar-refractivity contribution in [3.8, 4) is 16.9 Å². The van der Waals surface area contributed by atoms with E-state index in [1.165, 1.54) is 11.5 Å². The second-order valence-electron chi connectivity index (χ2n) is 4.99. The van der Waals surface area contributed by atoms with E-state index in [9.17, 15) is 5.26 Å². The molecule has 1 heterocycles. The second kappa shape index (κ2) is 4.67. The zero-order chi connectivity index (χ0) is 13.4. The summed E-state index contributed by atoms with van der Waals surface area (Å²) in [4.78, 5) is 0. The molecule has 0 atom stereocenters. The van der Waals surface area contributed by atoms with Crippen LogP contribution in [0, 0.1) is 25.2 Å². The first kappa shape index (κ1) is 12.2. The van der Waals surface area contributed by atoms with E-state index in [2.05, 4.69) is 16.5 Å². The van der Waals surface area contributed by atoms with Crippen LogP contribution in [0.1, 0.15) is 41.1 Å². The molecule has 0 saturated heterocycles. The predicted octanol–water partition coefficient (Wildman–Crippen LogP) is 4.30. The molecule has 0 unspecified atom stereocenters. The summed E-state index contributed by atoms with van der Waals surface area (Å²) in [6.45, 7) is 4.03. The summed E-state index contributed by atoms with van der Waals surface area (Å²) >= 11 is 1.28. The van der Waals surface area contributed by atoms with Crippen molar-refractivity contribution in [1.82, 2.24) is 4.37 Å². The van der Waals surface area contributed by atoms with Gasteiger partial charge in [-0.05, 0) is 43.9 Å². The van der Waals surface area contributed by atoms with E-state index < -0.39 is 0 Å². The SMILES string of the molecule is Cc1ccc(C)c(Oc2snc(C3CC3)c2C#N)c1. The largest absolute Gasteiger partial charge is 0.443 e. The van der Waals surface area contributed by atoms with Crippen molar-refractivity contribution in [2.24, 2.45) is 0 Å². The Labute approximate surface area is 116 Å². The highest BCUT2D eigenvalue weighted by atomic mass is 32.1. The van der Waals surface area contributed by atoms with Gasteiger partial charge < -0.3 is 4.74 Å². The fourth-order valence-corrected chi connectivity index (χ4v) is 2.80. The molecule has 1 aliphatic rings. The highest BCUT2D eigenvalue weighted by Gasteiger charge is 2.31. The Kier molecular flexibility index (Phi) is 3.00. The number of aromatic nitrogens is 1. The first-order chi connectivity index (χ1) is 9.19. The van der Waals surface area contributed by atoms with Crippen molar-refractivity contribution in [3.05, 3.63) is 40.6 Å². The third-order valence-corrected chi connectivity index (χ3v) is 4.05. The van der Waals surface area contributed by atoms with Crippen molar-refractivity contribution in [2.75, 3.05) is 0 Å². The summed E-state index contributed by atoms with van der Waals surface area (Å²) in [5.74, 6) is 1.28. The molecule has 1 aliphatic carbocycles. The van der Waals surface area contributed by atoms with Gasteiger partial charge in [-0.2, -0.15) is 9.64 Å². The normalized spacial score (nSPS) is 14.2. The number of hydrogen-bond donors (Lipinski definition) is 0. The van der Waals surface area contributed by atoms with Gasteiger partial charge in [0.05, 0.1) is 5.69 Å². The number of ether oxygens (including phenoxy) is 1. The summed E-state index contributed by atoms with van der Waals surface area (Å²) in [5.41, 5.74) is 3.75. The van der Waals surface area contributed by atoms with Gasteiger partial charge in [0.1, 0.15) is 17.4 Å². The molecule has 1 saturated carbocycles. The topological polar surface area (TPSA) is 45.9 Å². The van der Waals surface area contributed by atoms with Gasteiger partial charge in [-0.3, -0.25) is 0 Å². The standard InChI is InChI=1S/C15H14N2OS/c1-9-3-4-10(2)13(7-9)18-15-12(8-16)14(17-19-15)11-5-6-11/h3-4,7,11H,5-6H2,1-2H3. The Balaban J connectivity index is 1.95. The Morgan fingerprint density at radius 3 is 2.84 bits per heavy atom. The van der Waals surface area contributed by atoms with Crippen LogP contribution in [-0.2, 0) is 0 Å². The maximum absolute atomic E-state index is 9.30. The molecule has 0 N–H and O–H groups in total. The van der Waals surface area contributed by atoms with Crippen molar-refractivity contribution >= 4 is 11.5 Å². The lowest BCUT2D eigenvalue weighted by atomic mass is 10.1. The Morgan fingerprint density at radius 1 is 1.37 bits per heavy atom. The lowest BCUT2D eigenvalue weighted by molar-refractivity contribution is 0.490. The minimum atomic E-state index is 0.474. The lowest BCUT2D eigenvalue weighted by Crippen LogP contribution is -1.90. The van der Waals surface area contributed by atoms with Crippen LogP contribution in [-0.4, -0.2) is 4.37 Å². The number of rotatable bonds is 3. The summed E-state index contributed by atoms with van der Waals surface area (Å²) in [6.07, 6.45) is 2.28. The van der Waals surface area contributed by atoms with E-state index in [0.717, 1.165) is 35.4 Å². The molecule has 0 bridgehead atoms. The highest BCUT2D eigenvalue weighted by molar-refractivity contribution is 7.08. The first-order valence-electron chi connectivity index (χ1n) is 6.34.